The van der Waals surface area contributed by atoms with E-state index < -0.39 is 9.84 Å². The minimum absolute atomic E-state index is 0.113. The highest BCUT2D eigenvalue weighted by atomic mass is 35.5. The molecule has 0 unspecified atom stereocenters. The van der Waals surface area contributed by atoms with Crippen molar-refractivity contribution in [2.75, 3.05) is 6.26 Å². The van der Waals surface area contributed by atoms with Gasteiger partial charge in [-0.05, 0) is 11.6 Å². The topological polar surface area (TPSA) is 64.8 Å². The maximum Gasteiger partial charge on any atom is 0.178 e. The van der Waals surface area contributed by atoms with Crippen LogP contribution >= 0.6 is 23.2 Å². The van der Waals surface area contributed by atoms with Gasteiger partial charge in [0.15, 0.2) is 15.7 Å². The number of hydrogen-bond donors (Lipinski definition) is 0. The minimum atomic E-state index is -3.29. The highest BCUT2D eigenvalue weighted by Crippen LogP contribution is 2.20. The molecule has 5 nitrogen and oxygen atoms in total. The number of alkyl halides is 1. The smallest absolute Gasteiger partial charge is 0.178 e. The van der Waals surface area contributed by atoms with Gasteiger partial charge in [-0.15, -0.1) is 11.6 Å². The molecule has 0 saturated heterocycles. The molecule has 0 atom stereocenters. The summed E-state index contributed by atoms with van der Waals surface area (Å²) >= 11 is 11.7. The van der Waals surface area contributed by atoms with Crippen LogP contribution in [0.1, 0.15) is 5.56 Å². The number of halogens is 2. The van der Waals surface area contributed by atoms with Gasteiger partial charge in [-0.2, -0.15) is 5.10 Å². The van der Waals surface area contributed by atoms with E-state index in [0.29, 0.717) is 16.7 Å². The summed E-state index contributed by atoms with van der Waals surface area (Å²) in [6.45, 7) is 0. The number of pyridine rings is 1. The Kier molecular flexibility index (Phi) is 3.61. The molecule has 0 aliphatic rings. The molecule has 2 heterocycles. The van der Waals surface area contributed by atoms with E-state index in [2.05, 4.69) is 10.1 Å². The van der Waals surface area contributed by atoms with Crippen LogP contribution in [0.25, 0.3) is 5.82 Å². The van der Waals surface area contributed by atoms with E-state index in [-0.39, 0.29) is 4.90 Å². The third kappa shape index (κ3) is 2.66. The third-order valence-electron chi connectivity index (χ3n) is 2.24. The zero-order valence-electron chi connectivity index (χ0n) is 9.34. The molecular formula is C10H9Cl2N3O2S. The van der Waals surface area contributed by atoms with Gasteiger partial charge >= 0.3 is 0 Å². The summed E-state index contributed by atoms with van der Waals surface area (Å²) in [5, 5.41) is 4.28. The van der Waals surface area contributed by atoms with Crippen LogP contribution in [0, 0.1) is 0 Å². The first-order chi connectivity index (χ1) is 8.41. The van der Waals surface area contributed by atoms with Crippen LogP contribution in [0.3, 0.4) is 0 Å². The first-order valence-electron chi connectivity index (χ1n) is 4.87. The van der Waals surface area contributed by atoms with Gasteiger partial charge < -0.3 is 0 Å². The van der Waals surface area contributed by atoms with Crippen LogP contribution in [0.2, 0.25) is 5.02 Å². The van der Waals surface area contributed by atoms with E-state index in [1.807, 2.05) is 0 Å². The predicted octanol–water partition coefficient (Wildman–Crippen LogP) is 2.06. The summed E-state index contributed by atoms with van der Waals surface area (Å²) in [7, 11) is -3.29. The maximum absolute atomic E-state index is 11.3. The molecule has 0 aliphatic heterocycles. The predicted molar refractivity (Wildman–Crippen MR) is 69.0 cm³/mol. The van der Waals surface area contributed by atoms with E-state index in [4.69, 9.17) is 23.2 Å². The molecule has 18 heavy (non-hydrogen) atoms. The van der Waals surface area contributed by atoms with Crippen LogP contribution in [0.5, 0.6) is 0 Å². The van der Waals surface area contributed by atoms with E-state index in [1.54, 1.807) is 12.3 Å². The highest BCUT2D eigenvalue weighted by molar-refractivity contribution is 7.90. The Hall–Kier alpha value is -1.11. The Balaban J connectivity index is 2.47. The van der Waals surface area contributed by atoms with Gasteiger partial charge in [-0.3, -0.25) is 0 Å². The van der Waals surface area contributed by atoms with Crippen molar-refractivity contribution in [3.63, 3.8) is 0 Å². The molecule has 0 aromatic carbocycles. The molecule has 0 bridgehead atoms. The Bertz CT molecular complexity index is 682. The lowest BCUT2D eigenvalue weighted by atomic mass is 10.3. The van der Waals surface area contributed by atoms with Crippen LogP contribution in [-0.4, -0.2) is 29.4 Å². The van der Waals surface area contributed by atoms with Gasteiger partial charge in [-0.1, -0.05) is 11.6 Å². The lowest BCUT2D eigenvalue weighted by Gasteiger charge is -2.04. The first kappa shape index (κ1) is 13.3. The molecule has 0 radical (unpaired) electrons. The Morgan fingerprint density at radius 2 is 2.11 bits per heavy atom. The van der Waals surface area contributed by atoms with Crippen molar-refractivity contribution < 1.29 is 8.42 Å². The molecule has 8 heteroatoms. The van der Waals surface area contributed by atoms with Gasteiger partial charge in [0.1, 0.15) is 4.90 Å². The zero-order chi connectivity index (χ0) is 13.3. The van der Waals surface area contributed by atoms with Gasteiger partial charge in [-0.25, -0.2) is 18.1 Å². The first-order valence-corrected chi connectivity index (χ1v) is 7.67. The number of aromatic nitrogens is 3. The summed E-state index contributed by atoms with van der Waals surface area (Å²) in [4.78, 5) is 4.22. The SMILES string of the molecule is CS(=O)(=O)c1cnn(-c2ncc(CCl)cc2Cl)c1. The lowest BCUT2D eigenvalue weighted by molar-refractivity contribution is 0.602. The zero-order valence-corrected chi connectivity index (χ0v) is 11.7. The largest absolute Gasteiger partial charge is 0.235 e. The quantitative estimate of drug-likeness (QED) is 0.814. The van der Waals surface area contributed by atoms with Crippen molar-refractivity contribution in [2.45, 2.75) is 10.8 Å². The van der Waals surface area contributed by atoms with Crippen LogP contribution in [-0.2, 0) is 15.7 Å². The van der Waals surface area contributed by atoms with Crippen molar-refractivity contribution in [1.82, 2.24) is 14.8 Å². The monoisotopic (exact) mass is 305 g/mol. The van der Waals surface area contributed by atoms with Crippen molar-refractivity contribution in [3.8, 4) is 5.82 Å². The van der Waals surface area contributed by atoms with Gasteiger partial charge in [0.05, 0.1) is 17.4 Å². The highest BCUT2D eigenvalue weighted by Gasteiger charge is 2.13. The van der Waals surface area contributed by atoms with Crippen LogP contribution in [0.15, 0.2) is 29.6 Å². The van der Waals surface area contributed by atoms with Gasteiger partial charge in [0.25, 0.3) is 0 Å². The van der Waals surface area contributed by atoms with Crippen molar-refractivity contribution in [1.29, 1.82) is 0 Å². The van der Waals surface area contributed by atoms with E-state index >= 15 is 0 Å². The Morgan fingerprint density at radius 1 is 1.39 bits per heavy atom. The van der Waals surface area contributed by atoms with Crippen molar-refractivity contribution >= 4 is 33.0 Å². The summed E-state index contributed by atoms with van der Waals surface area (Å²) in [6.07, 6.45) is 5.29. The summed E-state index contributed by atoms with van der Waals surface area (Å²) in [6, 6.07) is 1.67. The van der Waals surface area contributed by atoms with Crippen LogP contribution in [0.4, 0.5) is 0 Å². The minimum Gasteiger partial charge on any atom is -0.235 e. The van der Waals surface area contributed by atoms with Crippen molar-refractivity contribution in [2.24, 2.45) is 0 Å². The summed E-state index contributed by atoms with van der Waals surface area (Å²) in [5.74, 6) is 0.668. The molecule has 2 aromatic heterocycles. The molecule has 96 valence electrons. The standard InChI is InChI=1S/C10H9Cl2N3O2S/c1-18(16,17)8-5-14-15(6-8)10-9(12)2-7(3-11)4-13-10/h2,4-6H,3H2,1H3. The number of nitrogens with zero attached hydrogens (tertiary/aromatic N) is 3. The molecule has 2 aromatic rings. The lowest BCUT2D eigenvalue weighted by Crippen LogP contribution is -2.00. The van der Waals surface area contributed by atoms with E-state index in [1.165, 1.54) is 17.1 Å². The molecule has 0 spiro atoms. The maximum atomic E-state index is 11.3. The van der Waals surface area contributed by atoms with E-state index in [0.717, 1.165) is 11.8 Å². The van der Waals surface area contributed by atoms with Gasteiger partial charge in [0, 0.05) is 18.3 Å². The average molecular weight is 306 g/mol. The Morgan fingerprint density at radius 3 is 2.61 bits per heavy atom. The van der Waals surface area contributed by atoms with Crippen molar-refractivity contribution in [3.05, 3.63) is 35.2 Å². The molecule has 0 aliphatic carbocycles. The summed E-state index contributed by atoms with van der Waals surface area (Å²) < 4.78 is 24.0. The number of hydrogen-bond acceptors (Lipinski definition) is 4. The number of sulfone groups is 1. The van der Waals surface area contributed by atoms with Gasteiger partial charge in [0.2, 0.25) is 0 Å². The molecular weight excluding hydrogens is 297 g/mol. The second kappa shape index (κ2) is 4.87. The second-order valence-corrected chi connectivity index (χ2v) is 6.37. The fraction of sp³-hybridized carbons (Fsp3) is 0.200. The fourth-order valence-electron chi connectivity index (χ4n) is 1.33. The molecule has 2 rings (SSSR count). The molecule has 0 N–H and O–H groups in total. The van der Waals surface area contributed by atoms with E-state index in [9.17, 15) is 8.42 Å². The Labute approximate surface area is 114 Å². The fourth-order valence-corrected chi connectivity index (χ4v) is 2.28. The molecule has 0 fully saturated rings. The normalized spacial score (nSPS) is 11.7. The molecule has 0 saturated carbocycles. The average Bonchev–Trinajstić information content (AvgIpc) is 2.77. The summed E-state index contributed by atoms with van der Waals surface area (Å²) in [5.41, 5.74) is 0.779. The molecule has 0 amide bonds. The van der Waals surface area contributed by atoms with Crippen LogP contribution < -0.4 is 0 Å². The third-order valence-corrected chi connectivity index (χ3v) is 3.89. The number of rotatable bonds is 3. The second-order valence-electron chi connectivity index (χ2n) is 3.68.